The fourth-order valence-corrected chi connectivity index (χ4v) is 3.67. The second-order valence-corrected chi connectivity index (χ2v) is 6.57. The van der Waals surface area contributed by atoms with Gasteiger partial charge in [-0.3, -0.25) is 0 Å². The second-order valence-electron chi connectivity index (χ2n) is 6.57. The van der Waals surface area contributed by atoms with Gasteiger partial charge in [0.15, 0.2) is 0 Å². The van der Waals surface area contributed by atoms with Crippen LogP contribution in [0, 0.1) is 12.8 Å². The van der Waals surface area contributed by atoms with Crippen LogP contribution in [0.2, 0.25) is 0 Å². The molecule has 21 heavy (non-hydrogen) atoms. The number of hydrogen-bond donors (Lipinski definition) is 0. The summed E-state index contributed by atoms with van der Waals surface area (Å²) in [6.45, 7) is 2.32. The smallest absolute Gasteiger partial charge is 0.00230 e. The molecule has 0 heterocycles. The molecule has 2 aromatic carbocycles. The lowest BCUT2D eigenvalue weighted by molar-refractivity contribution is 0.356. The first-order valence-electron chi connectivity index (χ1n) is 8.44. The van der Waals surface area contributed by atoms with E-state index >= 15 is 0 Å². The Balaban J connectivity index is 1.75. The Labute approximate surface area is 129 Å². The van der Waals surface area contributed by atoms with Crippen LogP contribution in [-0.2, 0) is 12.8 Å². The summed E-state index contributed by atoms with van der Waals surface area (Å²) in [4.78, 5) is 0. The van der Waals surface area contributed by atoms with Gasteiger partial charge in [-0.15, -0.1) is 0 Å². The lowest BCUT2D eigenvalue weighted by Crippen LogP contribution is -2.10. The van der Waals surface area contributed by atoms with Crippen molar-refractivity contribution in [3.63, 3.8) is 0 Å². The summed E-state index contributed by atoms with van der Waals surface area (Å²) >= 11 is 0. The molecule has 0 N–H and O–H groups in total. The van der Waals surface area contributed by atoms with Crippen molar-refractivity contribution in [1.82, 2.24) is 0 Å². The number of hydrogen-bond acceptors (Lipinski definition) is 0. The summed E-state index contributed by atoms with van der Waals surface area (Å²) in [5.74, 6) is 0.921. The Morgan fingerprint density at radius 2 is 1.52 bits per heavy atom. The van der Waals surface area contributed by atoms with Crippen LogP contribution in [0.15, 0.2) is 48.5 Å². The minimum atomic E-state index is 0.921. The average Bonchev–Trinajstić information content (AvgIpc) is 2.53. The molecule has 1 aliphatic carbocycles. The lowest BCUT2D eigenvalue weighted by Gasteiger charge is -2.23. The molecule has 0 bridgehead atoms. The zero-order valence-corrected chi connectivity index (χ0v) is 13.1. The summed E-state index contributed by atoms with van der Waals surface area (Å²) < 4.78 is 0. The molecule has 2 aromatic rings. The van der Waals surface area contributed by atoms with Crippen molar-refractivity contribution in [2.24, 2.45) is 5.92 Å². The molecule has 0 atom stereocenters. The fraction of sp³-hybridized carbons (Fsp3) is 0.429. The molecule has 0 spiro atoms. The third-order valence-electron chi connectivity index (χ3n) is 5.03. The zero-order valence-electron chi connectivity index (χ0n) is 13.1. The van der Waals surface area contributed by atoms with Crippen LogP contribution in [0.5, 0.6) is 0 Å². The van der Waals surface area contributed by atoms with Crippen LogP contribution in [0.1, 0.15) is 54.4 Å². The molecule has 0 unspecified atom stereocenters. The molecule has 0 heteroatoms. The largest absolute Gasteiger partial charge is 0.0622 e. The average molecular weight is 278 g/mol. The number of rotatable bonds is 4. The van der Waals surface area contributed by atoms with E-state index in [2.05, 4.69) is 55.5 Å². The SMILES string of the molecule is Cc1c(Cc2ccccc2)cccc1CC1CCCCC1. The minimum Gasteiger partial charge on any atom is -0.0622 e. The first kappa shape index (κ1) is 14.4. The first-order valence-corrected chi connectivity index (χ1v) is 8.44. The third-order valence-corrected chi connectivity index (χ3v) is 5.03. The molecule has 1 aliphatic rings. The normalized spacial score (nSPS) is 16.0. The van der Waals surface area contributed by atoms with Crippen molar-refractivity contribution in [3.05, 3.63) is 70.8 Å². The summed E-state index contributed by atoms with van der Waals surface area (Å²) in [6.07, 6.45) is 9.54. The van der Waals surface area contributed by atoms with Crippen LogP contribution in [0.25, 0.3) is 0 Å². The van der Waals surface area contributed by atoms with Gasteiger partial charge in [-0.05, 0) is 47.9 Å². The van der Waals surface area contributed by atoms with Gasteiger partial charge in [-0.2, -0.15) is 0 Å². The Hall–Kier alpha value is -1.56. The van der Waals surface area contributed by atoms with Gasteiger partial charge in [0, 0.05) is 0 Å². The highest BCUT2D eigenvalue weighted by Crippen LogP contribution is 2.29. The van der Waals surface area contributed by atoms with Gasteiger partial charge in [0.05, 0.1) is 0 Å². The monoisotopic (exact) mass is 278 g/mol. The van der Waals surface area contributed by atoms with Crippen molar-refractivity contribution in [1.29, 1.82) is 0 Å². The van der Waals surface area contributed by atoms with Crippen LogP contribution in [0.4, 0.5) is 0 Å². The predicted molar refractivity (Wildman–Crippen MR) is 90.7 cm³/mol. The van der Waals surface area contributed by atoms with E-state index in [-0.39, 0.29) is 0 Å². The van der Waals surface area contributed by atoms with E-state index < -0.39 is 0 Å². The maximum Gasteiger partial charge on any atom is -0.00230 e. The molecule has 0 amide bonds. The summed E-state index contributed by atoms with van der Waals surface area (Å²) in [5, 5.41) is 0. The summed E-state index contributed by atoms with van der Waals surface area (Å²) in [6, 6.07) is 17.7. The Bertz CT molecular complexity index is 562. The van der Waals surface area contributed by atoms with Crippen molar-refractivity contribution in [2.75, 3.05) is 0 Å². The van der Waals surface area contributed by atoms with Gasteiger partial charge in [-0.1, -0.05) is 80.6 Å². The first-order chi connectivity index (χ1) is 10.3. The summed E-state index contributed by atoms with van der Waals surface area (Å²) in [7, 11) is 0. The molecular formula is C21H26. The van der Waals surface area contributed by atoms with Gasteiger partial charge in [-0.25, -0.2) is 0 Å². The van der Waals surface area contributed by atoms with Gasteiger partial charge >= 0.3 is 0 Å². The van der Waals surface area contributed by atoms with Crippen molar-refractivity contribution >= 4 is 0 Å². The maximum atomic E-state index is 2.35. The van der Waals surface area contributed by atoms with E-state index in [0.29, 0.717) is 0 Å². The summed E-state index contributed by atoms with van der Waals surface area (Å²) in [5.41, 5.74) is 6.01. The molecule has 0 radical (unpaired) electrons. The minimum absolute atomic E-state index is 0.921. The highest BCUT2D eigenvalue weighted by atomic mass is 14.2. The molecule has 1 saturated carbocycles. The molecule has 0 aliphatic heterocycles. The van der Waals surface area contributed by atoms with Crippen molar-refractivity contribution in [2.45, 2.75) is 51.9 Å². The van der Waals surface area contributed by atoms with E-state index in [9.17, 15) is 0 Å². The fourth-order valence-electron chi connectivity index (χ4n) is 3.67. The Morgan fingerprint density at radius 1 is 0.810 bits per heavy atom. The highest BCUT2D eigenvalue weighted by molar-refractivity contribution is 5.37. The predicted octanol–water partition coefficient (Wildman–Crippen LogP) is 5.71. The van der Waals surface area contributed by atoms with Crippen LogP contribution < -0.4 is 0 Å². The number of benzene rings is 2. The molecule has 3 rings (SSSR count). The molecule has 1 fully saturated rings. The van der Waals surface area contributed by atoms with Crippen LogP contribution >= 0.6 is 0 Å². The standard InChI is InChI=1S/C21H26/c1-17-20(15-18-9-4-2-5-10-18)13-8-14-21(17)16-19-11-6-3-7-12-19/h2,4-5,8-10,13-14,19H,3,6-7,11-12,15-16H2,1H3. The van der Waals surface area contributed by atoms with Gasteiger partial charge < -0.3 is 0 Å². The third kappa shape index (κ3) is 3.75. The van der Waals surface area contributed by atoms with E-state index in [1.165, 1.54) is 55.2 Å². The highest BCUT2D eigenvalue weighted by Gasteiger charge is 2.15. The van der Waals surface area contributed by atoms with Crippen LogP contribution in [0.3, 0.4) is 0 Å². The zero-order chi connectivity index (χ0) is 14.5. The van der Waals surface area contributed by atoms with Gasteiger partial charge in [0.1, 0.15) is 0 Å². The topological polar surface area (TPSA) is 0 Å². The molecule has 0 saturated heterocycles. The van der Waals surface area contributed by atoms with E-state index in [1.807, 2.05) is 0 Å². The molecular weight excluding hydrogens is 252 g/mol. The quantitative estimate of drug-likeness (QED) is 0.672. The van der Waals surface area contributed by atoms with E-state index in [4.69, 9.17) is 0 Å². The maximum absolute atomic E-state index is 2.35. The molecule has 0 nitrogen and oxygen atoms in total. The molecule has 0 aromatic heterocycles. The van der Waals surface area contributed by atoms with Crippen molar-refractivity contribution < 1.29 is 0 Å². The Morgan fingerprint density at radius 3 is 2.29 bits per heavy atom. The van der Waals surface area contributed by atoms with Crippen molar-refractivity contribution in [3.8, 4) is 0 Å². The molecule has 110 valence electrons. The van der Waals surface area contributed by atoms with E-state index in [1.54, 1.807) is 5.56 Å². The van der Waals surface area contributed by atoms with Crippen LogP contribution in [-0.4, -0.2) is 0 Å². The lowest BCUT2D eigenvalue weighted by atomic mass is 9.83. The van der Waals surface area contributed by atoms with E-state index in [0.717, 1.165) is 12.3 Å². The van der Waals surface area contributed by atoms with Gasteiger partial charge in [0.25, 0.3) is 0 Å². The Kier molecular flexibility index (Phi) is 4.75. The second kappa shape index (κ2) is 6.93. The van der Waals surface area contributed by atoms with Gasteiger partial charge in [0.2, 0.25) is 0 Å².